The van der Waals surface area contributed by atoms with Crippen molar-refractivity contribution in [3.63, 3.8) is 0 Å². The Labute approximate surface area is 173 Å². The number of halogens is 2. The van der Waals surface area contributed by atoms with Crippen LogP contribution in [0.4, 0.5) is 19.3 Å². The van der Waals surface area contributed by atoms with Crippen molar-refractivity contribution in [3.05, 3.63) is 68.6 Å². The van der Waals surface area contributed by atoms with Crippen LogP contribution in [-0.2, 0) is 11.3 Å². The van der Waals surface area contributed by atoms with Gasteiger partial charge in [-0.2, -0.15) is 8.78 Å². The molecule has 8 nitrogen and oxygen atoms in total. The third kappa shape index (κ3) is 4.57. The lowest BCUT2D eigenvalue weighted by Gasteiger charge is -2.12. The first-order valence-electron chi connectivity index (χ1n) is 8.40. The summed E-state index contributed by atoms with van der Waals surface area (Å²) in [4.78, 5) is 36.5. The highest BCUT2D eigenvalue weighted by atomic mass is 32.2. The Kier molecular flexibility index (Phi) is 6.31. The minimum Gasteiger partial charge on any atom is -0.493 e. The average molecular weight is 436 g/mol. The molecule has 0 unspecified atom stereocenters. The molecule has 0 bridgehead atoms. The number of carbonyl (C=O) groups excluding carboxylic acids is 2. The van der Waals surface area contributed by atoms with E-state index in [4.69, 9.17) is 4.74 Å². The first kappa shape index (κ1) is 21.2. The Morgan fingerprint density at radius 3 is 2.60 bits per heavy atom. The molecule has 0 atom stereocenters. The van der Waals surface area contributed by atoms with E-state index in [1.54, 1.807) is 6.07 Å². The van der Waals surface area contributed by atoms with Gasteiger partial charge in [-0.3, -0.25) is 24.6 Å². The summed E-state index contributed by atoms with van der Waals surface area (Å²) in [5.74, 6) is -0.757. The molecule has 0 saturated carbocycles. The van der Waals surface area contributed by atoms with Crippen molar-refractivity contribution in [1.82, 2.24) is 4.90 Å². The van der Waals surface area contributed by atoms with Gasteiger partial charge in [0.1, 0.15) is 0 Å². The van der Waals surface area contributed by atoms with Gasteiger partial charge in [0.15, 0.2) is 11.5 Å². The Balaban J connectivity index is 1.84. The summed E-state index contributed by atoms with van der Waals surface area (Å²) in [5, 5.41) is 10.6. The third-order valence-electron chi connectivity index (χ3n) is 4.09. The maximum atomic E-state index is 12.7. The lowest BCUT2D eigenvalue weighted by atomic mass is 10.1. The molecule has 1 fully saturated rings. The van der Waals surface area contributed by atoms with E-state index in [2.05, 4.69) is 4.74 Å². The maximum Gasteiger partial charge on any atom is 0.387 e. The summed E-state index contributed by atoms with van der Waals surface area (Å²) in [6.45, 7) is -3.27. The number of nitro groups is 1. The van der Waals surface area contributed by atoms with Gasteiger partial charge in [-0.15, -0.1) is 0 Å². The molecule has 3 rings (SSSR count). The fourth-order valence-electron chi connectivity index (χ4n) is 2.75. The van der Waals surface area contributed by atoms with E-state index >= 15 is 0 Å². The highest BCUT2D eigenvalue weighted by Crippen LogP contribution is 2.36. The molecule has 0 N–H and O–H groups in total. The van der Waals surface area contributed by atoms with E-state index < -0.39 is 22.7 Å². The molecule has 2 aromatic rings. The summed E-state index contributed by atoms with van der Waals surface area (Å²) in [7, 11) is 1.28. The van der Waals surface area contributed by atoms with Crippen LogP contribution in [-0.4, -0.2) is 34.7 Å². The van der Waals surface area contributed by atoms with E-state index in [0.717, 1.165) is 4.90 Å². The summed E-state index contributed by atoms with van der Waals surface area (Å²) in [5.41, 5.74) is 0.450. The number of nitro benzene ring substituents is 1. The van der Waals surface area contributed by atoms with Gasteiger partial charge < -0.3 is 9.47 Å². The normalized spacial score (nSPS) is 15.2. The third-order valence-corrected chi connectivity index (χ3v) is 5.00. The fourth-order valence-corrected chi connectivity index (χ4v) is 3.59. The summed E-state index contributed by atoms with van der Waals surface area (Å²) >= 11 is 0.675. The number of methoxy groups -OCH3 is 1. The van der Waals surface area contributed by atoms with Crippen molar-refractivity contribution >= 4 is 34.7 Å². The molecular formula is C19H14F2N2O6S. The van der Waals surface area contributed by atoms with Crippen LogP contribution in [0, 0.1) is 10.1 Å². The number of hydrogen-bond acceptors (Lipinski definition) is 7. The van der Waals surface area contributed by atoms with Crippen LogP contribution in [0.15, 0.2) is 47.4 Å². The lowest BCUT2D eigenvalue weighted by Crippen LogP contribution is -2.27. The average Bonchev–Trinajstić information content (AvgIpc) is 2.96. The molecule has 1 aliphatic heterocycles. The smallest absolute Gasteiger partial charge is 0.387 e. The van der Waals surface area contributed by atoms with Crippen LogP contribution < -0.4 is 9.47 Å². The van der Waals surface area contributed by atoms with Crippen LogP contribution in [0.5, 0.6) is 11.5 Å². The molecule has 0 aromatic heterocycles. The number of benzene rings is 2. The minimum atomic E-state index is -3.02. The molecular weight excluding hydrogens is 422 g/mol. The van der Waals surface area contributed by atoms with Gasteiger partial charge in [0.05, 0.1) is 23.5 Å². The van der Waals surface area contributed by atoms with Crippen molar-refractivity contribution in [2.45, 2.75) is 13.2 Å². The number of nitrogens with zero attached hydrogens (tertiary/aromatic N) is 2. The summed E-state index contributed by atoms with van der Waals surface area (Å²) in [6.07, 6.45) is 1.40. The van der Waals surface area contributed by atoms with Crippen molar-refractivity contribution in [1.29, 1.82) is 0 Å². The van der Waals surface area contributed by atoms with E-state index in [0.29, 0.717) is 17.3 Å². The second-order valence-corrected chi connectivity index (χ2v) is 6.94. The van der Waals surface area contributed by atoms with Gasteiger partial charge in [-0.05, 0) is 35.5 Å². The number of hydrogen-bond donors (Lipinski definition) is 0. The molecule has 156 valence electrons. The first-order chi connectivity index (χ1) is 14.3. The molecule has 0 spiro atoms. The van der Waals surface area contributed by atoms with Crippen molar-refractivity contribution in [2.75, 3.05) is 7.11 Å². The van der Waals surface area contributed by atoms with Gasteiger partial charge in [0, 0.05) is 11.6 Å². The second kappa shape index (κ2) is 8.91. The molecule has 2 amide bonds. The number of imide groups is 1. The van der Waals surface area contributed by atoms with Gasteiger partial charge in [0.25, 0.3) is 16.8 Å². The summed E-state index contributed by atoms with van der Waals surface area (Å²) in [6, 6.07) is 9.90. The van der Waals surface area contributed by atoms with E-state index in [9.17, 15) is 28.5 Å². The number of amides is 2. The van der Waals surface area contributed by atoms with Gasteiger partial charge in [-0.25, -0.2) is 0 Å². The van der Waals surface area contributed by atoms with Crippen LogP contribution in [0.25, 0.3) is 6.08 Å². The monoisotopic (exact) mass is 436 g/mol. The second-order valence-electron chi connectivity index (χ2n) is 5.94. The SMILES string of the molecule is COc1cc(/C=C2\SC(=O)N(Cc3ccccc3[N+](=O)[O-])C2=O)ccc1OC(F)F. The fraction of sp³-hybridized carbons (Fsp3) is 0.158. The van der Waals surface area contributed by atoms with Gasteiger partial charge in [0.2, 0.25) is 0 Å². The molecule has 30 heavy (non-hydrogen) atoms. The molecule has 2 aromatic carbocycles. The molecule has 1 saturated heterocycles. The maximum absolute atomic E-state index is 12.7. The number of carbonyl (C=O) groups is 2. The topological polar surface area (TPSA) is 99.0 Å². The zero-order valence-electron chi connectivity index (χ0n) is 15.4. The predicted octanol–water partition coefficient (Wildman–Crippen LogP) is 4.44. The Morgan fingerprint density at radius 2 is 1.93 bits per heavy atom. The number of thioether (sulfide) groups is 1. The number of para-hydroxylation sites is 1. The van der Waals surface area contributed by atoms with Crippen LogP contribution in [0.3, 0.4) is 0 Å². The Hall–Kier alpha value is -3.47. The largest absolute Gasteiger partial charge is 0.493 e. The number of ether oxygens (including phenoxy) is 2. The molecule has 1 aliphatic rings. The van der Waals surface area contributed by atoms with Crippen LogP contribution >= 0.6 is 11.8 Å². The van der Waals surface area contributed by atoms with E-state index in [1.807, 2.05) is 0 Å². The Morgan fingerprint density at radius 1 is 1.20 bits per heavy atom. The van der Waals surface area contributed by atoms with E-state index in [-0.39, 0.29) is 34.2 Å². The number of rotatable bonds is 7. The number of alkyl halides is 2. The minimum absolute atomic E-state index is 0.0307. The zero-order chi connectivity index (χ0) is 21.8. The standard InChI is InChI=1S/C19H14F2N2O6S/c1-28-15-8-11(6-7-14(15)29-18(20)21)9-16-17(24)22(19(25)30-16)10-12-4-2-3-5-13(12)23(26)27/h2-9,18H,10H2,1H3/b16-9-. The highest BCUT2D eigenvalue weighted by molar-refractivity contribution is 8.18. The summed E-state index contributed by atoms with van der Waals surface area (Å²) < 4.78 is 34.2. The molecule has 0 aliphatic carbocycles. The first-order valence-corrected chi connectivity index (χ1v) is 9.22. The van der Waals surface area contributed by atoms with Crippen molar-refractivity contribution < 1.29 is 32.8 Å². The van der Waals surface area contributed by atoms with Gasteiger partial charge in [-0.1, -0.05) is 24.3 Å². The Bertz CT molecular complexity index is 1040. The quantitative estimate of drug-likeness (QED) is 0.359. The zero-order valence-corrected chi connectivity index (χ0v) is 16.2. The van der Waals surface area contributed by atoms with E-state index in [1.165, 1.54) is 49.6 Å². The molecule has 0 radical (unpaired) electrons. The lowest BCUT2D eigenvalue weighted by molar-refractivity contribution is -0.385. The van der Waals surface area contributed by atoms with Crippen molar-refractivity contribution in [3.8, 4) is 11.5 Å². The highest BCUT2D eigenvalue weighted by Gasteiger charge is 2.36. The molecule has 1 heterocycles. The molecule has 11 heteroatoms. The van der Waals surface area contributed by atoms with Gasteiger partial charge >= 0.3 is 6.61 Å². The van der Waals surface area contributed by atoms with Crippen LogP contribution in [0.2, 0.25) is 0 Å². The predicted molar refractivity (Wildman–Crippen MR) is 104 cm³/mol. The van der Waals surface area contributed by atoms with Crippen LogP contribution in [0.1, 0.15) is 11.1 Å². The van der Waals surface area contributed by atoms with Crippen molar-refractivity contribution in [2.24, 2.45) is 0 Å².